The molecule has 0 amide bonds. The van der Waals surface area contributed by atoms with Gasteiger partial charge < -0.3 is 5.11 Å². The monoisotopic (exact) mass is 208 g/mol. The molecule has 1 N–H and O–H groups in total. The molecule has 2 nitrogen and oxygen atoms in total. The maximum Gasteiger partial charge on any atom is 0.343 e. The molecule has 1 aromatic carbocycles. The van der Waals surface area contributed by atoms with Gasteiger partial charge in [-0.25, -0.2) is 9.18 Å². The number of rotatable bonds is 3. The second-order valence-electron chi connectivity index (χ2n) is 4.00. The van der Waals surface area contributed by atoms with Crippen LogP contribution in [0, 0.1) is 0 Å². The van der Waals surface area contributed by atoms with E-state index in [1.165, 1.54) is 12.5 Å². The summed E-state index contributed by atoms with van der Waals surface area (Å²) in [4.78, 5) is 10.5. The highest BCUT2D eigenvalue weighted by atomic mass is 19.1. The van der Waals surface area contributed by atoms with Gasteiger partial charge in [-0.05, 0) is 29.9 Å². The molecule has 0 aliphatic heterocycles. The highest BCUT2D eigenvalue weighted by molar-refractivity contribution is 5.74. The van der Waals surface area contributed by atoms with Gasteiger partial charge in [-0.1, -0.05) is 30.7 Å². The third-order valence-electron chi connectivity index (χ3n) is 3.00. The van der Waals surface area contributed by atoms with Gasteiger partial charge in [0.1, 0.15) is 0 Å². The van der Waals surface area contributed by atoms with Gasteiger partial charge in [0.2, 0.25) is 6.17 Å². The van der Waals surface area contributed by atoms with E-state index in [2.05, 4.69) is 0 Å². The SMILES string of the molecule is O=C(O)C(F)c1cccc(C2CCC2)c1. The molecule has 1 saturated carbocycles. The Kier molecular flexibility index (Phi) is 2.71. The second-order valence-corrected chi connectivity index (χ2v) is 4.00. The summed E-state index contributed by atoms with van der Waals surface area (Å²) in [6.07, 6.45) is 1.58. The van der Waals surface area contributed by atoms with E-state index in [1.54, 1.807) is 12.1 Å². The van der Waals surface area contributed by atoms with Crippen molar-refractivity contribution in [3.63, 3.8) is 0 Å². The van der Waals surface area contributed by atoms with Crippen molar-refractivity contribution < 1.29 is 14.3 Å². The predicted octanol–water partition coefficient (Wildman–Crippen LogP) is 3.05. The summed E-state index contributed by atoms with van der Waals surface area (Å²) < 4.78 is 13.2. The van der Waals surface area contributed by atoms with Crippen LogP contribution < -0.4 is 0 Å². The van der Waals surface area contributed by atoms with Gasteiger partial charge in [0.15, 0.2) is 0 Å². The van der Waals surface area contributed by atoms with Crippen molar-refractivity contribution in [1.82, 2.24) is 0 Å². The molecule has 1 aromatic rings. The number of halogens is 1. The van der Waals surface area contributed by atoms with E-state index in [4.69, 9.17) is 5.11 Å². The predicted molar refractivity (Wildman–Crippen MR) is 54.5 cm³/mol. The largest absolute Gasteiger partial charge is 0.479 e. The minimum absolute atomic E-state index is 0.256. The van der Waals surface area contributed by atoms with E-state index in [0.29, 0.717) is 5.92 Å². The minimum atomic E-state index is -1.90. The summed E-state index contributed by atoms with van der Waals surface area (Å²) in [5.74, 6) is -0.910. The van der Waals surface area contributed by atoms with Crippen molar-refractivity contribution in [3.05, 3.63) is 35.4 Å². The number of carboxylic acid groups (broad SMARTS) is 1. The highest BCUT2D eigenvalue weighted by Gasteiger charge is 2.22. The van der Waals surface area contributed by atoms with Crippen LogP contribution in [0.2, 0.25) is 0 Å². The number of alkyl halides is 1. The lowest BCUT2D eigenvalue weighted by atomic mass is 9.79. The molecule has 0 spiro atoms. The molecule has 2 rings (SSSR count). The van der Waals surface area contributed by atoms with Crippen LogP contribution in [0.4, 0.5) is 4.39 Å². The summed E-state index contributed by atoms with van der Waals surface area (Å²) in [5.41, 5.74) is 1.33. The Bertz CT molecular complexity index is 372. The van der Waals surface area contributed by atoms with Crippen molar-refractivity contribution >= 4 is 5.97 Å². The summed E-state index contributed by atoms with van der Waals surface area (Å²) >= 11 is 0. The van der Waals surface area contributed by atoms with Gasteiger partial charge in [0.05, 0.1) is 0 Å². The van der Waals surface area contributed by atoms with E-state index in [9.17, 15) is 9.18 Å². The first kappa shape index (κ1) is 10.1. The summed E-state index contributed by atoms with van der Waals surface area (Å²) in [7, 11) is 0. The van der Waals surface area contributed by atoms with Crippen LogP contribution in [0.25, 0.3) is 0 Å². The molecule has 0 saturated heterocycles. The Morgan fingerprint density at radius 1 is 1.47 bits per heavy atom. The van der Waals surface area contributed by atoms with Gasteiger partial charge in [-0.2, -0.15) is 0 Å². The third-order valence-corrected chi connectivity index (χ3v) is 3.00. The molecular weight excluding hydrogens is 195 g/mol. The molecule has 1 aliphatic carbocycles. The number of hydrogen-bond acceptors (Lipinski definition) is 1. The molecule has 0 aromatic heterocycles. The number of carboxylic acids is 1. The molecular formula is C12H13FO2. The number of carbonyl (C=O) groups is 1. The Morgan fingerprint density at radius 3 is 2.73 bits per heavy atom. The van der Waals surface area contributed by atoms with Gasteiger partial charge in [0, 0.05) is 0 Å². The van der Waals surface area contributed by atoms with Crippen molar-refractivity contribution in [2.24, 2.45) is 0 Å². The van der Waals surface area contributed by atoms with Crippen LogP contribution in [0.5, 0.6) is 0 Å². The summed E-state index contributed by atoms with van der Waals surface area (Å²) in [6.45, 7) is 0. The van der Waals surface area contributed by atoms with Crippen LogP contribution in [-0.4, -0.2) is 11.1 Å². The Balaban J connectivity index is 2.21. The molecule has 3 heteroatoms. The van der Waals surface area contributed by atoms with Crippen molar-refractivity contribution in [2.45, 2.75) is 31.4 Å². The van der Waals surface area contributed by atoms with Crippen LogP contribution in [0.1, 0.15) is 42.5 Å². The quantitative estimate of drug-likeness (QED) is 0.828. The lowest BCUT2D eigenvalue weighted by Gasteiger charge is -2.26. The Labute approximate surface area is 87.7 Å². The normalized spacial score (nSPS) is 18.2. The highest BCUT2D eigenvalue weighted by Crippen LogP contribution is 2.37. The lowest BCUT2D eigenvalue weighted by Crippen LogP contribution is -2.11. The number of hydrogen-bond donors (Lipinski definition) is 1. The smallest absolute Gasteiger partial charge is 0.343 e. The van der Waals surface area contributed by atoms with Crippen molar-refractivity contribution in [2.75, 3.05) is 0 Å². The first-order valence-corrected chi connectivity index (χ1v) is 5.15. The molecule has 1 aliphatic rings. The van der Waals surface area contributed by atoms with E-state index in [1.807, 2.05) is 6.07 Å². The second kappa shape index (κ2) is 4.01. The van der Waals surface area contributed by atoms with E-state index in [-0.39, 0.29) is 5.56 Å². The fourth-order valence-electron chi connectivity index (χ4n) is 1.85. The molecule has 15 heavy (non-hydrogen) atoms. The lowest BCUT2D eigenvalue weighted by molar-refractivity contribution is -0.143. The Hall–Kier alpha value is -1.38. The third kappa shape index (κ3) is 2.01. The van der Waals surface area contributed by atoms with E-state index < -0.39 is 12.1 Å². The molecule has 80 valence electrons. The molecule has 1 fully saturated rings. The molecule has 1 unspecified atom stereocenters. The fraction of sp³-hybridized carbons (Fsp3) is 0.417. The molecule has 0 bridgehead atoms. The van der Waals surface area contributed by atoms with Gasteiger partial charge >= 0.3 is 5.97 Å². The summed E-state index contributed by atoms with van der Waals surface area (Å²) in [6, 6.07) is 6.89. The molecule has 1 atom stereocenters. The Morgan fingerprint density at radius 2 is 2.20 bits per heavy atom. The van der Waals surface area contributed by atoms with Crippen LogP contribution in [0.15, 0.2) is 24.3 Å². The first-order valence-electron chi connectivity index (χ1n) is 5.15. The van der Waals surface area contributed by atoms with Crippen molar-refractivity contribution in [1.29, 1.82) is 0 Å². The van der Waals surface area contributed by atoms with Crippen LogP contribution in [0.3, 0.4) is 0 Å². The van der Waals surface area contributed by atoms with Gasteiger partial charge in [0.25, 0.3) is 0 Å². The summed E-state index contributed by atoms with van der Waals surface area (Å²) in [5, 5.41) is 8.56. The minimum Gasteiger partial charge on any atom is -0.479 e. The topological polar surface area (TPSA) is 37.3 Å². The van der Waals surface area contributed by atoms with Crippen LogP contribution >= 0.6 is 0 Å². The zero-order chi connectivity index (χ0) is 10.8. The zero-order valence-corrected chi connectivity index (χ0v) is 8.32. The average molecular weight is 208 g/mol. The molecule has 0 radical (unpaired) electrons. The fourth-order valence-corrected chi connectivity index (χ4v) is 1.85. The van der Waals surface area contributed by atoms with Gasteiger partial charge in [-0.15, -0.1) is 0 Å². The number of aliphatic carboxylic acids is 1. The van der Waals surface area contributed by atoms with E-state index >= 15 is 0 Å². The zero-order valence-electron chi connectivity index (χ0n) is 8.32. The van der Waals surface area contributed by atoms with Gasteiger partial charge in [-0.3, -0.25) is 0 Å². The van der Waals surface area contributed by atoms with Crippen molar-refractivity contribution in [3.8, 4) is 0 Å². The maximum absolute atomic E-state index is 13.2. The first-order chi connectivity index (χ1) is 7.18. The standard InChI is InChI=1S/C12H13FO2/c13-11(12(14)15)10-6-2-5-9(7-10)8-3-1-4-8/h2,5-8,11H,1,3-4H2,(H,14,15). The maximum atomic E-state index is 13.2. The van der Waals surface area contributed by atoms with E-state index in [0.717, 1.165) is 18.4 Å². The average Bonchev–Trinajstić information content (AvgIpc) is 2.14. The number of benzene rings is 1. The van der Waals surface area contributed by atoms with Crippen LogP contribution in [-0.2, 0) is 4.79 Å². The molecule has 0 heterocycles.